The topological polar surface area (TPSA) is 93.4 Å². The molecule has 3 N–H and O–H groups in total. The molecule has 4 aromatic rings. The van der Waals surface area contributed by atoms with Crippen LogP contribution >= 0.6 is 0 Å². The van der Waals surface area contributed by atoms with E-state index in [-0.39, 0.29) is 22.8 Å². The minimum atomic E-state index is -0.317. The summed E-state index contributed by atoms with van der Waals surface area (Å²) in [6, 6.07) is 15.0. The lowest BCUT2D eigenvalue weighted by Crippen LogP contribution is -2.43. The number of benzene rings is 1. The number of anilines is 1. The average molecular weight is 388 g/mol. The fraction of sp³-hybridized carbons (Fsp3) is 0.182. The van der Waals surface area contributed by atoms with Gasteiger partial charge in [-0.25, -0.2) is 4.57 Å². The number of carbonyl (C=O) groups is 1. The number of amides is 1. The highest BCUT2D eigenvalue weighted by Gasteiger charge is 2.24. The first kappa shape index (κ1) is 18.6. The molecular weight excluding hydrogens is 366 g/mol. The second kappa shape index (κ2) is 7.35. The molecule has 4 rings (SSSR count). The molecule has 0 saturated carbocycles. The van der Waals surface area contributed by atoms with E-state index < -0.39 is 0 Å². The van der Waals surface area contributed by atoms with E-state index in [9.17, 15) is 9.59 Å². The fourth-order valence-corrected chi connectivity index (χ4v) is 3.47. The van der Waals surface area contributed by atoms with Crippen LogP contribution in [0.25, 0.3) is 16.7 Å². The van der Waals surface area contributed by atoms with Gasteiger partial charge in [0.2, 0.25) is 11.5 Å². The van der Waals surface area contributed by atoms with Crippen molar-refractivity contribution in [3.63, 3.8) is 0 Å². The molecule has 3 heterocycles. The Morgan fingerprint density at radius 1 is 1.21 bits per heavy atom. The Morgan fingerprint density at radius 3 is 2.69 bits per heavy atom. The Bertz CT molecular complexity index is 1300. The second-order valence-electron chi connectivity index (χ2n) is 6.91. The molecule has 3 aromatic heterocycles. The number of carbonyl (C=O) groups excluding carboxylic acids is 1. The van der Waals surface area contributed by atoms with Gasteiger partial charge in [-0.05, 0) is 31.5 Å². The third-order valence-corrected chi connectivity index (χ3v) is 4.94. The Morgan fingerprint density at radius 2 is 1.97 bits per heavy atom. The Labute approximate surface area is 167 Å². The van der Waals surface area contributed by atoms with Crippen LogP contribution < -0.4 is 21.2 Å². The normalized spacial score (nSPS) is 11.1. The molecule has 29 heavy (non-hydrogen) atoms. The Hall–Kier alpha value is -3.74. The molecule has 1 aromatic carbocycles. The van der Waals surface area contributed by atoms with E-state index in [0.717, 1.165) is 11.1 Å². The quantitative estimate of drug-likeness (QED) is 0.412. The van der Waals surface area contributed by atoms with Crippen LogP contribution in [0.2, 0.25) is 0 Å². The number of hydrogen-bond donors (Lipinski definition) is 2. The highest BCUT2D eigenvalue weighted by Crippen LogP contribution is 2.16. The summed E-state index contributed by atoms with van der Waals surface area (Å²) >= 11 is 0. The lowest BCUT2D eigenvalue weighted by molar-refractivity contribution is -0.649. The molecule has 0 aliphatic heterocycles. The van der Waals surface area contributed by atoms with Crippen LogP contribution in [0.3, 0.4) is 0 Å². The SMILES string of the molecule is CCNC(=O)c1cc2c(=O)n3cccc(C)c3nc2[n+](Cc2ccccc2)c1N. The minimum absolute atomic E-state index is 0.235. The number of fused-ring (bicyclic) bond motifs is 2. The van der Waals surface area contributed by atoms with Gasteiger partial charge >= 0.3 is 0 Å². The van der Waals surface area contributed by atoms with Gasteiger partial charge in [0, 0.05) is 18.3 Å². The smallest absolute Gasteiger partial charge is 0.278 e. The average Bonchev–Trinajstić information content (AvgIpc) is 2.72. The molecule has 0 unspecified atom stereocenters. The summed E-state index contributed by atoms with van der Waals surface area (Å²) in [5, 5.41) is 3.11. The van der Waals surface area contributed by atoms with Crippen molar-refractivity contribution in [1.82, 2.24) is 14.7 Å². The summed E-state index contributed by atoms with van der Waals surface area (Å²) < 4.78 is 3.24. The number of aryl methyl sites for hydroxylation is 1. The predicted octanol–water partition coefficient (Wildman–Crippen LogP) is 1.82. The first-order valence-electron chi connectivity index (χ1n) is 9.47. The van der Waals surface area contributed by atoms with Crippen molar-refractivity contribution in [1.29, 1.82) is 0 Å². The van der Waals surface area contributed by atoms with Crippen molar-refractivity contribution < 1.29 is 9.36 Å². The van der Waals surface area contributed by atoms with Gasteiger partial charge in [-0.3, -0.25) is 14.0 Å². The van der Waals surface area contributed by atoms with Crippen LogP contribution in [-0.2, 0) is 6.54 Å². The molecule has 0 fully saturated rings. The summed E-state index contributed by atoms with van der Waals surface area (Å²) in [4.78, 5) is 30.6. The first-order chi connectivity index (χ1) is 14.0. The molecule has 0 bridgehead atoms. The molecule has 0 aliphatic carbocycles. The molecule has 7 nitrogen and oxygen atoms in total. The molecular formula is C22H22N5O2+. The number of nitrogens with zero attached hydrogens (tertiary/aromatic N) is 3. The highest BCUT2D eigenvalue weighted by atomic mass is 16.1. The number of rotatable bonds is 4. The van der Waals surface area contributed by atoms with E-state index in [1.54, 1.807) is 22.9 Å². The molecule has 146 valence electrons. The summed E-state index contributed by atoms with van der Waals surface area (Å²) in [7, 11) is 0. The molecule has 0 saturated heterocycles. The highest BCUT2D eigenvalue weighted by molar-refractivity contribution is 6.00. The van der Waals surface area contributed by atoms with Gasteiger partial charge in [0.15, 0.2) is 0 Å². The first-order valence-corrected chi connectivity index (χ1v) is 9.47. The summed E-state index contributed by atoms with van der Waals surface area (Å²) in [6.07, 6.45) is 1.68. The third-order valence-electron chi connectivity index (χ3n) is 4.94. The minimum Gasteiger partial charge on any atom is -0.352 e. The monoisotopic (exact) mass is 388 g/mol. The van der Waals surface area contributed by atoms with Gasteiger partial charge in [0.25, 0.3) is 17.1 Å². The van der Waals surface area contributed by atoms with E-state index in [4.69, 9.17) is 10.7 Å². The van der Waals surface area contributed by atoms with Crippen molar-refractivity contribution in [2.45, 2.75) is 20.4 Å². The summed E-state index contributed by atoms with van der Waals surface area (Å²) in [5.41, 5.74) is 9.34. The van der Waals surface area contributed by atoms with Crippen LogP contribution in [0.1, 0.15) is 28.4 Å². The molecule has 0 radical (unpaired) electrons. The van der Waals surface area contributed by atoms with Crippen LogP contribution in [0, 0.1) is 6.92 Å². The van der Waals surface area contributed by atoms with E-state index in [2.05, 4.69) is 5.32 Å². The summed E-state index contributed by atoms with van der Waals surface area (Å²) in [6.45, 7) is 4.59. The number of nitrogen functional groups attached to an aromatic ring is 1. The predicted molar refractivity (Wildman–Crippen MR) is 112 cm³/mol. The number of nitrogens with one attached hydrogen (secondary N) is 1. The van der Waals surface area contributed by atoms with Gasteiger partial charge in [-0.2, -0.15) is 0 Å². The Balaban J connectivity index is 2.09. The zero-order chi connectivity index (χ0) is 20.5. The van der Waals surface area contributed by atoms with E-state index in [0.29, 0.717) is 29.8 Å². The van der Waals surface area contributed by atoms with Crippen molar-refractivity contribution >= 4 is 28.4 Å². The molecule has 7 heteroatoms. The maximum Gasteiger partial charge on any atom is 0.278 e. The molecule has 0 aliphatic rings. The van der Waals surface area contributed by atoms with E-state index in [1.807, 2.05) is 50.2 Å². The molecule has 0 spiro atoms. The second-order valence-corrected chi connectivity index (χ2v) is 6.91. The van der Waals surface area contributed by atoms with E-state index >= 15 is 0 Å². The lowest BCUT2D eigenvalue weighted by atomic mass is 10.1. The Kier molecular flexibility index (Phi) is 4.72. The van der Waals surface area contributed by atoms with Crippen molar-refractivity contribution in [3.8, 4) is 0 Å². The van der Waals surface area contributed by atoms with E-state index in [1.165, 1.54) is 4.40 Å². The van der Waals surface area contributed by atoms with Crippen molar-refractivity contribution in [2.75, 3.05) is 12.3 Å². The van der Waals surface area contributed by atoms with Gasteiger partial charge in [-0.15, -0.1) is 0 Å². The van der Waals surface area contributed by atoms with Crippen LogP contribution in [0.15, 0.2) is 59.5 Å². The summed E-state index contributed by atoms with van der Waals surface area (Å²) in [5.74, 6) is -0.0420. The maximum absolute atomic E-state index is 13.2. The lowest BCUT2D eigenvalue weighted by Gasteiger charge is -2.12. The van der Waals surface area contributed by atoms with Crippen LogP contribution in [0.5, 0.6) is 0 Å². The van der Waals surface area contributed by atoms with Crippen molar-refractivity contribution in [2.24, 2.45) is 0 Å². The maximum atomic E-state index is 13.2. The standard InChI is InChI=1S/C22H21N5O2/c1-3-24-21(28)16-12-17-20(25-19-14(2)8-7-11-26(19)22(17)29)27(18(16)23)13-15-9-5-4-6-10-15/h4-12,23H,3,13H2,1-2H3,(H,24,28)/p+1. The zero-order valence-electron chi connectivity index (χ0n) is 16.3. The molecule has 0 atom stereocenters. The number of aromatic nitrogens is 3. The largest absolute Gasteiger partial charge is 0.352 e. The van der Waals surface area contributed by atoms with Gasteiger partial charge in [0.05, 0.1) is 6.54 Å². The third kappa shape index (κ3) is 3.20. The number of pyridine rings is 2. The van der Waals surface area contributed by atoms with Gasteiger partial charge < -0.3 is 11.1 Å². The number of hydrogen-bond acceptors (Lipinski definition) is 4. The van der Waals surface area contributed by atoms with Crippen LogP contribution in [0.4, 0.5) is 5.82 Å². The fourth-order valence-electron chi connectivity index (χ4n) is 3.47. The van der Waals surface area contributed by atoms with Crippen molar-refractivity contribution in [3.05, 3.63) is 81.8 Å². The molecule has 1 amide bonds. The zero-order valence-corrected chi connectivity index (χ0v) is 16.3. The number of nitrogens with two attached hydrogens (primary N) is 1. The van der Waals surface area contributed by atoms with Crippen LogP contribution in [-0.4, -0.2) is 21.8 Å². The van der Waals surface area contributed by atoms with Gasteiger partial charge in [0.1, 0.15) is 10.9 Å². The van der Waals surface area contributed by atoms with Gasteiger partial charge in [-0.1, -0.05) is 41.4 Å².